The van der Waals surface area contributed by atoms with E-state index in [0.29, 0.717) is 5.46 Å². The van der Waals surface area contributed by atoms with Crippen molar-refractivity contribution >= 4 is 12.1 Å². The summed E-state index contributed by atoms with van der Waals surface area (Å²) in [4.78, 5) is 0. The maximum absolute atomic E-state index is 8.88. The van der Waals surface area contributed by atoms with E-state index in [-0.39, 0.29) is 0 Å². The van der Waals surface area contributed by atoms with Crippen molar-refractivity contribution in [3.63, 3.8) is 0 Å². The highest BCUT2D eigenvalue weighted by molar-refractivity contribution is 6.75. The van der Waals surface area contributed by atoms with Gasteiger partial charge in [-0.25, -0.2) is 0 Å². The molecule has 0 aliphatic heterocycles. The van der Waals surface area contributed by atoms with Crippen LogP contribution in [0.2, 0.25) is 0 Å². The molecule has 10 heavy (non-hydrogen) atoms. The van der Waals surface area contributed by atoms with Gasteiger partial charge < -0.3 is 15.7 Å². The molecule has 0 bridgehead atoms. The van der Waals surface area contributed by atoms with Gasteiger partial charge in [0.2, 0.25) is 0 Å². The molecule has 0 amide bonds. The molecule has 0 aliphatic rings. The van der Waals surface area contributed by atoms with Crippen LogP contribution in [0.15, 0.2) is 30.3 Å². The first kappa shape index (κ1) is 7.27. The summed E-state index contributed by atoms with van der Waals surface area (Å²) in [5, 5.41) is 17.8. The molecule has 0 saturated carbocycles. The van der Waals surface area contributed by atoms with Gasteiger partial charge in [-0.2, -0.15) is 0 Å². The van der Waals surface area contributed by atoms with Gasteiger partial charge >= 0.3 is 6.69 Å². The first-order valence-electron chi connectivity index (χ1n) is 3.05. The van der Waals surface area contributed by atoms with Crippen molar-refractivity contribution in [3.8, 4) is 0 Å². The standard InChI is InChI=1S/C6H9BNO2/c8-7(9,10)6-4-2-1-3-5-6/h1-5,9-10H,8H2/q-1. The van der Waals surface area contributed by atoms with E-state index in [0.717, 1.165) is 0 Å². The highest BCUT2D eigenvalue weighted by atomic mass is 16.4. The van der Waals surface area contributed by atoms with Gasteiger partial charge in [0.05, 0.1) is 0 Å². The molecule has 0 aliphatic carbocycles. The van der Waals surface area contributed by atoms with Crippen molar-refractivity contribution < 1.29 is 10.0 Å². The summed E-state index contributed by atoms with van der Waals surface area (Å²) >= 11 is 0. The van der Waals surface area contributed by atoms with Crippen molar-refractivity contribution in [2.75, 3.05) is 0 Å². The summed E-state index contributed by atoms with van der Waals surface area (Å²) in [5.74, 6) is 0. The molecule has 0 radical (unpaired) electrons. The molecule has 0 heterocycles. The van der Waals surface area contributed by atoms with Crippen LogP contribution < -0.4 is 11.1 Å². The van der Waals surface area contributed by atoms with Gasteiger partial charge in [0, 0.05) is 0 Å². The summed E-state index contributed by atoms with van der Waals surface area (Å²) in [6.45, 7) is -2.80. The van der Waals surface area contributed by atoms with Gasteiger partial charge in [0.25, 0.3) is 0 Å². The Kier molecular flexibility index (Phi) is 1.76. The van der Waals surface area contributed by atoms with E-state index in [2.05, 4.69) is 0 Å². The summed E-state index contributed by atoms with van der Waals surface area (Å²) in [7, 11) is 0. The minimum absolute atomic E-state index is 0.350. The Balaban J connectivity index is 2.97. The third kappa shape index (κ3) is 1.57. The van der Waals surface area contributed by atoms with Gasteiger partial charge in [0.15, 0.2) is 0 Å². The van der Waals surface area contributed by atoms with Crippen LogP contribution in [0.25, 0.3) is 0 Å². The average Bonchev–Trinajstić information content (AvgIpc) is 1.88. The Morgan fingerprint density at radius 1 is 1.10 bits per heavy atom. The van der Waals surface area contributed by atoms with Crippen molar-refractivity contribution in [2.24, 2.45) is 5.64 Å². The van der Waals surface area contributed by atoms with Crippen LogP contribution in [0, 0.1) is 0 Å². The molecule has 0 atom stereocenters. The molecule has 0 fully saturated rings. The topological polar surface area (TPSA) is 66.5 Å². The summed E-state index contributed by atoms with van der Waals surface area (Å²) in [6.07, 6.45) is 0. The van der Waals surface area contributed by atoms with E-state index < -0.39 is 6.69 Å². The maximum Gasteiger partial charge on any atom is 0.337 e. The zero-order chi connectivity index (χ0) is 7.61. The second-order valence-electron chi connectivity index (χ2n) is 2.25. The zero-order valence-corrected chi connectivity index (χ0v) is 5.44. The molecule has 4 heteroatoms. The first-order chi connectivity index (χ1) is 4.61. The first-order valence-corrected chi connectivity index (χ1v) is 3.05. The molecule has 0 unspecified atom stereocenters. The van der Waals surface area contributed by atoms with Gasteiger partial charge in [-0.05, 0) is 0 Å². The van der Waals surface area contributed by atoms with Crippen LogP contribution >= 0.6 is 0 Å². The number of nitrogens with two attached hydrogens (primary N) is 1. The molecular formula is C6H9BNO2-. The number of hydrogen-bond donors (Lipinski definition) is 3. The van der Waals surface area contributed by atoms with Crippen LogP contribution in [0.5, 0.6) is 0 Å². The zero-order valence-electron chi connectivity index (χ0n) is 5.44. The minimum Gasteiger partial charge on any atom is -0.566 e. The lowest BCUT2D eigenvalue weighted by atomic mass is 9.67. The fraction of sp³-hybridized carbons (Fsp3) is 0. The Labute approximate surface area is 59.1 Å². The van der Waals surface area contributed by atoms with Crippen LogP contribution in [0.3, 0.4) is 0 Å². The van der Waals surface area contributed by atoms with Crippen LogP contribution in [-0.4, -0.2) is 16.7 Å². The Morgan fingerprint density at radius 3 is 1.90 bits per heavy atom. The fourth-order valence-electron chi connectivity index (χ4n) is 0.736. The Hall–Kier alpha value is -0.835. The van der Waals surface area contributed by atoms with Crippen LogP contribution in [0.1, 0.15) is 0 Å². The van der Waals surface area contributed by atoms with Gasteiger partial charge in [0.1, 0.15) is 0 Å². The molecule has 3 nitrogen and oxygen atoms in total. The Morgan fingerprint density at radius 2 is 1.60 bits per heavy atom. The largest absolute Gasteiger partial charge is 0.566 e. The minimum atomic E-state index is -2.80. The van der Waals surface area contributed by atoms with Gasteiger partial charge in [-0.3, -0.25) is 0 Å². The monoisotopic (exact) mass is 138 g/mol. The third-order valence-corrected chi connectivity index (χ3v) is 1.29. The van der Waals surface area contributed by atoms with Crippen LogP contribution in [0.4, 0.5) is 0 Å². The molecule has 1 rings (SSSR count). The highest BCUT2D eigenvalue weighted by Gasteiger charge is 2.13. The van der Waals surface area contributed by atoms with Crippen molar-refractivity contribution in [1.82, 2.24) is 0 Å². The lowest BCUT2D eigenvalue weighted by Gasteiger charge is -2.21. The third-order valence-electron chi connectivity index (χ3n) is 1.29. The number of benzene rings is 1. The second kappa shape index (κ2) is 2.42. The fourth-order valence-corrected chi connectivity index (χ4v) is 0.736. The van der Waals surface area contributed by atoms with E-state index in [1.807, 2.05) is 0 Å². The normalized spacial score (nSPS) is 11.5. The molecule has 0 saturated heterocycles. The van der Waals surface area contributed by atoms with Crippen LogP contribution in [-0.2, 0) is 0 Å². The van der Waals surface area contributed by atoms with Gasteiger partial charge in [-0.15, -0.1) is 5.46 Å². The lowest BCUT2D eigenvalue weighted by Crippen LogP contribution is -2.57. The molecule has 0 aromatic heterocycles. The SMILES string of the molecule is N[B-](O)(O)c1ccccc1. The summed E-state index contributed by atoms with van der Waals surface area (Å²) in [5.41, 5.74) is 5.38. The lowest BCUT2D eigenvalue weighted by molar-refractivity contribution is 0.383. The highest BCUT2D eigenvalue weighted by Crippen LogP contribution is 1.87. The molecule has 4 N–H and O–H groups in total. The van der Waals surface area contributed by atoms with Crippen molar-refractivity contribution in [3.05, 3.63) is 30.3 Å². The molecule has 1 aromatic rings. The summed E-state index contributed by atoms with van der Waals surface area (Å²) in [6, 6.07) is 8.32. The number of rotatable bonds is 1. The van der Waals surface area contributed by atoms with E-state index >= 15 is 0 Å². The predicted octanol–water partition coefficient (Wildman–Crippen LogP) is -1.22. The molecule has 1 aromatic carbocycles. The smallest absolute Gasteiger partial charge is 0.337 e. The van der Waals surface area contributed by atoms with Crippen molar-refractivity contribution in [2.45, 2.75) is 0 Å². The summed E-state index contributed by atoms with van der Waals surface area (Å²) < 4.78 is 0. The molecular weight excluding hydrogens is 129 g/mol. The van der Waals surface area contributed by atoms with E-state index in [1.165, 1.54) is 0 Å². The van der Waals surface area contributed by atoms with Gasteiger partial charge in [-0.1, -0.05) is 30.3 Å². The number of hydrogen-bond acceptors (Lipinski definition) is 3. The molecule has 0 spiro atoms. The van der Waals surface area contributed by atoms with Crippen molar-refractivity contribution in [1.29, 1.82) is 0 Å². The maximum atomic E-state index is 8.88. The average molecular weight is 138 g/mol. The van der Waals surface area contributed by atoms with E-state index in [1.54, 1.807) is 30.3 Å². The Bertz CT molecular complexity index is 207. The van der Waals surface area contributed by atoms with E-state index in [4.69, 9.17) is 15.7 Å². The van der Waals surface area contributed by atoms with E-state index in [9.17, 15) is 0 Å². The second-order valence-corrected chi connectivity index (χ2v) is 2.25. The predicted molar refractivity (Wildman–Crippen MR) is 40.5 cm³/mol. The molecule has 54 valence electrons. The quantitative estimate of drug-likeness (QED) is 0.426.